The quantitative estimate of drug-likeness (QED) is 0.862. The summed E-state index contributed by atoms with van der Waals surface area (Å²) in [5, 5.41) is 4.46. The van der Waals surface area contributed by atoms with Crippen molar-refractivity contribution in [3.05, 3.63) is 40.1 Å². The second kappa shape index (κ2) is 4.40. The van der Waals surface area contributed by atoms with Crippen LogP contribution in [0.3, 0.4) is 0 Å². The lowest BCUT2D eigenvalue weighted by Crippen LogP contribution is -1.99. The van der Waals surface area contributed by atoms with Gasteiger partial charge in [0.25, 0.3) is 0 Å². The van der Waals surface area contributed by atoms with Crippen LogP contribution in [0.15, 0.2) is 24.7 Å². The monoisotopic (exact) mass is 219 g/mol. The van der Waals surface area contributed by atoms with Crippen LogP contribution in [0.25, 0.3) is 0 Å². The molecule has 2 aromatic heterocycles. The van der Waals surface area contributed by atoms with Crippen molar-refractivity contribution in [3.63, 3.8) is 0 Å². The molecule has 78 valence electrons. The standard InChI is InChI=1S/C11H13N3S/c1-8-3-4-12-7-11(8)14-6-10-5-13-9(2)15-10/h3-5,7,14H,6H2,1-2H3. The third kappa shape index (κ3) is 2.53. The first kappa shape index (κ1) is 10.1. The van der Waals surface area contributed by atoms with Gasteiger partial charge in [0.2, 0.25) is 0 Å². The van der Waals surface area contributed by atoms with Gasteiger partial charge in [0.05, 0.1) is 23.4 Å². The summed E-state index contributed by atoms with van der Waals surface area (Å²) in [6.07, 6.45) is 5.57. The van der Waals surface area contributed by atoms with Crippen LogP contribution < -0.4 is 5.32 Å². The van der Waals surface area contributed by atoms with Gasteiger partial charge < -0.3 is 5.32 Å². The summed E-state index contributed by atoms with van der Waals surface area (Å²) in [6.45, 7) is 4.91. The van der Waals surface area contributed by atoms with E-state index < -0.39 is 0 Å². The summed E-state index contributed by atoms with van der Waals surface area (Å²) in [7, 11) is 0. The fourth-order valence-electron chi connectivity index (χ4n) is 1.32. The second-order valence-corrected chi connectivity index (χ2v) is 4.71. The zero-order valence-corrected chi connectivity index (χ0v) is 9.64. The van der Waals surface area contributed by atoms with Crippen LogP contribution in [0.2, 0.25) is 0 Å². The Morgan fingerprint density at radius 3 is 2.87 bits per heavy atom. The smallest absolute Gasteiger partial charge is 0.0897 e. The van der Waals surface area contributed by atoms with E-state index in [0.29, 0.717) is 0 Å². The lowest BCUT2D eigenvalue weighted by Gasteiger charge is -2.06. The predicted molar refractivity (Wildman–Crippen MR) is 63.2 cm³/mol. The lowest BCUT2D eigenvalue weighted by molar-refractivity contribution is 1.14. The average Bonchev–Trinajstić information content (AvgIpc) is 2.63. The van der Waals surface area contributed by atoms with E-state index in [1.54, 1.807) is 17.5 Å². The number of nitrogens with one attached hydrogen (secondary N) is 1. The molecule has 0 amide bonds. The minimum Gasteiger partial charge on any atom is -0.379 e. The Balaban J connectivity index is 2.02. The molecule has 0 aliphatic heterocycles. The SMILES string of the molecule is Cc1ncc(CNc2cnccc2C)s1. The first-order valence-corrected chi connectivity index (χ1v) is 5.63. The number of nitrogens with zero attached hydrogens (tertiary/aromatic N) is 2. The van der Waals surface area contributed by atoms with Crippen molar-refractivity contribution >= 4 is 17.0 Å². The molecule has 0 spiro atoms. The van der Waals surface area contributed by atoms with Crippen LogP contribution >= 0.6 is 11.3 Å². The molecule has 4 heteroatoms. The Morgan fingerprint density at radius 1 is 1.33 bits per heavy atom. The zero-order chi connectivity index (χ0) is 10.7. The minimum atomic E-state index is 0.818. The van der Waals surface area contributed by atoms with Crippen LogP contribution in [0, 0.1) is 13.8 Å². The van der Waals surface area contributed by atoms with Crippen molar-refractivity contribution < 1.29 is 0 Å². The number of thiazole rings is 1. The maximum atomic E-state index is 4.21. The highest BCUT2D eigenvalue weighted by atomic mass is 32.1. The zero-order valence-electron chi connectivity index (χ0n) is 8.82. The molecular formula is C11H13N3S. The first-order chi connectivity index (χ1) is 7.25. The molecule has 0 aliphatic rings. The summed E-state index contributed by atoms with van der Waals surface area (Å²) in [4.78, 5) is 9.55. The molecule has 1 N–H and O–H groups in total. The Bertz CT molecular complexity index is 451. The summed E-state index contributed by atoms with van der Waals surface area (Å²) in [5.74, 6) is 0. The van der Waals surface area contributed by atoms with E-state index in [4.69, 9.17) is 0 Å². The van der Waals surface area contributed by atoms with Gasteiger partial charge >= 0.3 is 0 Å². The number of anilines is 1. The number of hydrogen-bond donors (Lipinski definition) is 1. The first-order valence-electron chi connectivity index (χ1n) is 4.81. The number of hydrogen-bond acceptors (Lipinski definition) is 4. The largest absolute Gasteiger partial charge is 0.379 e. The molecule has 0 unspecified atom stereocenters. The molecule has 2 rings (SSSR count). The van der Waals surface area contributed by atoms with E-state index in [2.05, 4.69) is 22.2 Å². The Hall–Kier alpha value is -1.42. The van der Waals surface area contributed by atoms with Crippen molar-refractivity contribution in [2.24, 2.45) is 0 Å². The number of aromatic nitrogens is 2. The third-order valence-corrected chi connectivity index (χ3v) is 3.07. The van der Waals surface area contributed by atoms with Gasteiger partial charge in [0, 0.05) is 17.3 Å². The van der Waals surface area contributed by atoms with Crippen molar-refractivity contribution in [3.8, 4) is 0 Å². The van der Waals surface area contributed by atoms with E-state index in [1.807, 2.05) is 25.4 Å². The maximum absolute atomic E-state index is 4.21. The fraction of sp³-hybridized carbons (Fsp3) is 0.273. The summed E-state index contributed by atoms with van der Waals surface area (Å²) < 4.78 is 0. The van der Waals surface area contributed by atoms with E-state index in [0.717, 1.165) is 17.2 Å². The number of rotatable bonds is 3. The molecule has 2 heterocycles. The molecule has 0 bridgehead atoms. The topological polar surface area (TPSA) is 37.8 Å². The van der Waals surface area contributed by atoms with Gasteiger partial charge in [-0.05, 0) is 25.5 Å². The van der Waals surface area contributed by atoms with E-state index in [1.165, 1.54) is 10.4 Å². The Kier molecular flexibility index (Phi) is 2.97. The molecule has 0 saturated carbocycles. The van der Waals surface area contributed by atoms with Gasteiger partial charge in [0.1, 0.15) is 0 Å². The average molecular weight is 219 g/mol. The van der Waals surface area contributed by atoms with E-state index in [-0.39, 0.29) is 0 Å². The Labute approximate surface area is 93.2 Å². The van der Waals surface area contributed by atoms with Gasteiger partial charge in [-0.15, -0.1) is 11.3 Å². The maximum Gasteiger partial charge on any atom is 0.0897 e. The molecule has 15 heavy (non-hydrogen) atoms. The van der Waals surface area contributed by atoms with Crippen LogP contribution in [0.5, 0.6) is 0 Å². The summed E-state index contributed by atoms with van der Waals surface area (Å²) in [6, 6.07) is 2.00. The molecule has 2 aromatic rings. The highest BCUT2D eigenvalue weighted by Gasteiger charge is 1.99. The summed E-state index contributed by atoms with van der Waals surface area (Å²) >= 11 is 1.72. The molecule has 3 nitrogen and oxygen atoms in total. The van der Waals surface area contributed by atoms with Crippen molar-refractivity contribution in [2.45, 2.75) is 20.4 Å². The van der Waals surface area contributed by atoms with Gasteiger partial charge in [-0.1, -0.05) is 0 Å². The van der Waals surface area contributed by atoms with Gasteiger partial charge in [-0.25, -0.2) is 4.98 Å². The predicted octanol–water partition coefficient (Wildman–Crippen LogP) is 2.77. The molecule has 0 aliphatic carbocycles. The normalized spacial score (nSPS) is 10.3. The van der Waals surface area contributed by atoms with Crippen molar-refractivity contribution in [1.29, 1.82) is 0 Å². The highest BCUT2D eigenvalue weighted by Crippen LogP contribution is 2.16. The molecule has 0 saturated heterocycles. The summed E-state index contributed by atoms with van der Waals surface area (Å²) in [5.41, 5.74) is 2.30. The van der Waals surface area contributed by atoms with Crippen molar-refractivity contribution in [1.82, 2.24) is 9.97 Å². The molecule has 0 aromatic carbocycles. The second-order valence-electron chi connectivity index (χ2n) is 3.39. The third-order valence-electron chi connectivity index (χ3n) is 2.16. The lowest BCUT2D eigenvalue weighted by atomic mass is 10.2. The van der Waals surface area contributed by atoms with Crippen LogP contribution in [0.1, 0.15) is 15.4 Å². The van der Waals surface area contributed by atoms with Gasteiger partial charge in [-0.2, -0.15) is 0 Å². The number of aryl methyl sites for hydroxylation is 2. The highest BCUT2D eigenvalue weighted by molar-refractivity contribution is 7.11. The van der Waals surface area contributed by atoms with E-state index in [9.17, 15) is 0 Å². The Morgan fingerprint density at radius 2 is 2.20 bits per heavy atom. The van der Waals surface area contributed by atoms with Crippen LogP contribution in [-0.4, -0.2) is 9.97 Å². The van der Waals surface area contributed by atoms with Crippen LogP contribution in [0.4, 0.5) is 5.69 Å². The fourth-order valence-corrected chi connectivity index (χ4v) is 2.05. The van der Waals surface area contributed by atoms with Crippen molar-refractivity contribution in [2.75, 3.05) is 5.32 Å². The minimum absolute atomic E-state index is 0.818. The van der Waals surface area contributed by atoms with Gasteiger partial charge in [-0.3, -0.25) is 4.98 Å². The van der Waals surface area contributed by atoms with Crippen LogP contribution in [-0.2, 0) is 6.54 Å². The molecule has 0 atom stereocenters. The molecular weight excluding hydrogens is 206 g/mol. The molecule has 0 fully saturated rings. The van der Waals surface area contributed by atoms with E-state index >= 15 is 0 Å². The number of pyridine rings is 1. The molecule has 0 radical (unpaired) electrons. The van der Waals surface area contributed by atoms with Gasteiger partial charge in [0.15, 0.2) is 0 Å².